The molecule has 1 atom stereocenters. The maximum absolute atomic E-state index is 5.79. The molecule has 1 unspecified atom stereocenters. The van der Waals surface area contributed by atoms with E-state index in [4.69, 9.17) is 21.7 Å². The molecule has 1 N–H and O–H groups in total. The quantitative estimate of drug-likeness (QED) is 0.799. The van der Waals surface area contributed by atoms with Crippen LogP contribution in [0.3, 0.4) is 0 Å². The molecule has 1 aliphatic heterocycles. The molecule has 2 heterocycles. The smallest absolute Gasteiger partial charge is 0.173 e. The second-order valence-electron chi connectivity index (χ2n) is 6.03. The van der Waals surface area contributed by atoms with Crippen molar-refractivity contribution in [2.24, 2.45) is 0 Å². The van der Waals surface area contributed by atoms with Crippen LogP contribution < -0.4 is 10.1 Å². The lowest BCUT2D eigenvalue weighted by Crippen LogP contribution is -2.39. The lowest BCUT2D eigenvalue weighted by molar-refractivity contribution is 0.0905. The van der Waals surface area contributed by atoms with Crippen molar-refractivity contribution in [2.45, 2.75) is 25.5 Å². The van der Waals surface area contributed by atoms with Gasteiger partial charge in [0.2, 0.25) is 0 Å². The standard InChI is InChI=1S/C19H23N3O2S/c1-23-17-6-4-16(5-7-17)21-19(25)22(14-18-3-2-12-24-18)13-15-8-10-20-11-9-15/h4-11,18H,2-3,12-14H2,1H3,(H,21,25). The normalized spacial score (nSPS) is 16.4. The van der Waals surface area contributed by atoms with Gasteiger partial charge in [-0.2, -0.15) is 0 Å². The Morgan fingerprint density at radius 2 is 2.04 bits per heavy atom. The molecule has 1 fully saturated rings. The van der Waals surface area contributed by atoms with E-state index in [1.807, 2.05) is 36.4 Å². The third kappa shape index (κ3) is 5.14. The zero-order valence-electron chi connectivity index (χ0n) is 14.4. The predicted molar refractivity (Wildman–Crippen MR) is 103 cm³/mol. The van der Waals surface area contributed by atoms with Crippen LogP contribution in [0.5, 0.6) is 5.75 Å². The molecular formula is C19H23N3O2S. The maximum Gasteiger partial charge on any atom is 0.173 e. The van der Waals surface area contributed by atoms with Crippen molar-refractivity contribution in [1.82, 2.24) is 9.88 Å². The first kappa shape index (κ1) is 17.6. The summed E-state index contributed by atoms with van der Waals surface area (Å²) in [6, 6.07) is 11.8. The molecule has 0 bridgehead atoms. The zero-order chi connectivity index (χ0) is 17.5. The first-order valence-corrected chi connectivity index (χ1v) is 8.86. The molecule has 1 saturated heterocycles. The Bertz CT molecular complexity index is 673. The Hall–Kier alpha value is -2.18. The number of ether oxygens (including phenoxy) is 2. The second-order valence-corrected chi connectivity index (χ2v) is 6.42. The number of hydrogen-bond acceptors (Lipinski definition) is 4. The minimum Gasteiger partial charge on any atom is -0.497 e. The number of methoxy groups -OCH3 is 1. The number of rotatable bonds is 6. The monoisotopic (exact) mass is 357 g/mol. The van der Waals surface area contributed by atoms with Crippen LogP contribution in [0.25, 0.3) is 0 Å². The van der Waals surface area contributed by atoms with Crippen LogP contribution in [0.2, 0.25) is 0 Å². The fourth-order valence-electron chi connectivity index (χ4n) is 2.84. The average Bonchev–Trinajstić information content (AvgIpc) is 3.16. The van der Waals surface area contributed by atoms with Crippen LogP contribution in [-0.2, 0) is 11.3 Å². The van der Waals surface area contributed by atoms with Gasteiger partial charge in [-0.25, -0.2) is 0 Å². The van der Waals surface area contributed by atoms with Crippen LogP contribution >= 0.6 is 12.2 Å². The highest BCUT2D eigenvalue weighted by Gasteiger charge is 2.21. The molecule has 0 saturated carbocycles. The van der Waals surface area contributed by atoms with Gasteiger partial charge in [0.05, 0.1) is 13.2 Å². The third-order valence-corrected chi connectivity index (χ3v) is 4.56. The van der Waals surface area contributed by atoms with Gasteiger partial charge in [0.15, 0.2) is 5.11 Å². The number of aromatic nitrogens is 1. The van der Waals surface area contributed by atoms with Crippen LogP contribution in [0, 0.1) is 0 Å². The third-order valence-electron chi connectivity index (χ3n) is 4.20. The van der Waals surface area contributed by atoms with Crippen molar-refractivity contribution >= 4 is 23.0 Å². The average molecular weight is 357 g/mol. The summed E-state index contributed by atoms with van der Waals surface area (Å²) in [5.41, 5.74) is 2.12. The van der Waals surface area contributed by atoms with E-state index in [1.165, 1.54) is 5.56 Å². The highest BCUT2D eigenvalue weighted by Crippen LogP contribution is 2.18. The number of pyridine rings is 1. The Morgan fingerprint density at radius 3 is 2.68 bits per heavy atom. The number of nitrogens with one attached hydrogen (secondary N) is 1. The SMILES string of the molecule is COc1ccc(NC(=S)N(Cc2ccncc2)CC2CCCO2)cc1. The van der Waals surface area contributed by atoms with Crippen molar-refractivity contribution < 1.29 is 9.47 Å². The summed E-state index contributed by atoms with van der Waals surface area (Å²) in [7, 11) is 1.66. The minimum atomic E-state index is 0.234. The topological polar surface area (TPSA) is 46.6 Å². The molecule has 2 aromatic rings. The van der Waals surface area contributed by atoms with E-state index in [-0.39, 0.29) is 6.10 Å². The van der Waals surface area contributed by atoms with Gasteiger partial charge >= 0.3 is 0 Å². The van der Waals surface area contributed by atoms with E-state index < -0.39 is 0 Å². The molecule has 0 amide bonds. The number of hydrogen-bond donors (Lipinski definition) is 1. The van der Waals surface area contributed by atoms with E-state index in [0.29, 0.717) is 5.11 Å². The summed E-state index contributed by atoms with van der Waals surface area (Å²) in [6.07, 6.45) is 6.04. The maximum atomic E-state index is 5.79. The molecule has 0 radical (unpaired) electrons. The van der Waals surface area contributed by atoms with E-state index in [1.54, 1.807) is 19.5 Å². The van der Waals surface area contributed by atoms with Crippen molar-refractivity contribution in [3.63, 3.8) is 0 Å². The second kappa shape index (κ2) is 8.78. The van der Waals surface area contributed by atoms with Gasteiger partial charge < -0.3 is 19.7 Å². The van der Waals surface area contributed by atoms with Crippen LogP contribution in [0.15, 0.2) is 48.8 Å². The number of nitrogens with zero attached hydrogens (tertiary/aromatic N) is 2. The van der Waals surface area contributed by atoms with Gasteiger partial charge in [-0.1, -0.05) is 0 Å². The van der Waals surface area contributed by atoms with Gasteiger partial charge in [0.1, 0.15) is 5.75 Å². The number of anilines is 1. The van der Waals surface area contributed by atoms with Gasteiger partial charge in [0, 0.05) is 37.8 Å². The molecule has 1 aromatic carbocycles. The summed E-state index contributed by atoms with van der Waals surface area (Å²) in [5, 5.41) is 4.01. The van der Waals surface area contributed by atoms with Gasteiger partial charge in [-0.3, -0.25) is 4.98 Å². The van der Waals surface area contributed by atoms with Gasteiger partial charge in [0.25, 0.3) is 0 Å². The lowest BCUT2D eigenvalue weighted by atomic mass is 10.2. The molecule has 1 aliphatic rings. The van der Waals surface area contributed by atoms with E-state index in [2.05, 4.69) is 15.2 Å². The summed E-state index contributed by atoms with van der Waals surface area (Å²) in [5.74, 6) is 0.824. The Labute approximate surface area is 154 Å². The Morgan fingerprint density at radius 1 is 1.28 bits per heavy atom. The van der Waals surface area contributed by atoms with Crippen molar-refractivity contribution in [3.05, 3.63) is 54.4 Å². The molecular weight excluding hydrogens is 334 g/mol. The van der Waals surface area contributed by atoms with Crippen molar-refractivity contribution in [2.75, 3.05) is 25.6 Å². The van der Waals surface area contributed by atoms with E-state index >= 15 is 0 Å². The van der Waals surface area contributed by atoms with Gasteiger partial charge in [-0.15, -0.1) is 0 Å². The molecule has 3 rings (SSSR count). The lowest BCUT2D eigenvalue weighted by Gasteiger charge is -2.28. The van der Waals surface area contributed by atoms with E-state index in [0.717, 1.165) is 44.0 Å². The summed E-state index contributed by atoms with van der Waals surface area (Å²) >= 11 is 5.66. The highest BCUT2D eigenvalue weighted by atomic mass is 32.1. The molecule has 132 valence electrons. The first-order valence-electron chi connectivity index (χ1n) is 8.45. The van der Waals surface area contributed by atoms with Crippen molar-refractivity contribution in [3.8, 4) is 5.75 Å². The molecule has 0 spiro atoms. The molecule has 0 aliphatic carbocycles. The zero-order valence-corrected chi connectivity index (χ0v) is 15.2. The summed E-state index contributed by atoms with van der Waals surface area (Å²) < 4.78 is 11.0. The van der Waals surface area contributed by atoms with Crippen LogP contribution in [-0.4, -0.2) is 41.4 Å². The fourth-order valence-corrected chi connectivity index (χ4v) is 3.10. The molecule has 6 heteroatoms. The predicted octanol–water partition coefficient (Wildman–Crippen LogP) is 3.47. The molecule has 5 nitrogen and oxygen atoms in total. The minimum absolute atomic E-state index is 0.234. The van der Waals surface area contributed by atoms with Gasteiger partial charge in [-0.05, 0) is 67.0 Å². The van der Waals surface area contributed by atoms with Crippen LogP contribution in [0.4, 0.5) is 5.69 Å². The highest BCUT2D eigenvalue weighted by molar-refractivity contribution is 7.80. The van der Waals surface area contributed by atoms with Crippen molar-refractivity contribution in [1.29, 1.82) is 0 Å². The van der Waals surface area contributed by atoms with Crippen LogP contribution in [0.1, 0.15) is 18.4 Å². The van der Waals surface area contributed by atoms with E-state index in [9.17, 15) is 0 Å². The Balaban J connectivity index is 1.68. The Kier molecular flexibility index (Phi) is 6.19. The number of benzene rings is 1. The fraction of sp³-hybridized carbons (Fsp3) is 0.368. The first-order chi connectivity index (χ1) is 12.2. The molecule has 1 aromatic heterocycles. The summed E-state index contributed by atoms with van der Waals surface area (Å²) in [4.78, 5) is 6.24. The molecule has 25 heavy (non-hydrogen) atoms. The summed E-state index contributed by atoms with van der Waals surface area (Å²) in [6.45, 7) is 2.35. The number of thiocarbonyl (C=S) groups is 1. The largest absolute Gasteiger partial charge is 0.497 e.